The molecule has 29 heavy (non-hydrogen) atoms. The van der Waals surface area contributed by atoms with Crippen molar-refractivity contribution in [1.29, 1.82) is 0 Å². The highest BCUT2D eigenvalue weighted by Crippen LogP contribution is 2.24. The van der Waals surface area contributed by atoms with E-state index in [1.54, 1.807) is 60.7 Å². The molecule has 6 nitrogen and oxygen atoms in total. The van der Waals surface area contributed by atoms with Crippen LogP contribution in [0.1, 0.15) is 15.9 Å². The first-order valence-corrected chi connectivity index (χ1v) is 8.88. The molecule has 1 aromatic heterocycles. The van der Waals surface area contributed by atoms with Crippen LogP contribution in [0.15, 0.2) is 82.2 Å². The topological polar surface area (TPSA) is 103 Å². The number of fused-ring (bicyclic) bond motifs is 1. The maximum Gasteiger partial charge on any atom is 0.335 e. The fraction of sp³-hybridized carbons (Fsp3) is 0.0435. The number of hydrogen-bond acceptors (Lipinski definition) is 5. The maximum atomic E-state index is 12.8. The van der Waals surface area contributed by atoms with Gasteiger partial charge in [-0.25, -0.2) is 4.79 Å². The van der Waals surface area contributed by atoms with Crippen molar-refractivity contribution in [2.45, 2.75) is 6.61 Å². The van der Waals surface area contributed by atoms with Gasteiger partial charge in [-0.05, 0) is 47.5 Å². The van der Waals surface area contributed by atoms with E-state index in [0.717, 1.165) is 11.1 Å². The van der Waals surface area contributed by atoms with E-state index in [-0.39, 0.29) is 17.6 Å². The van der Waals surface area contributed by atoms with Crippen LogP contribution in [0.4, 0.5) is 5.69 Å². The molecule has 4 aromatic rings. The van der Waals surface area contributed by atoms with Crippen LogP contribution in [0.2, 0.25) is 0 Å². The highest BCUT2D eigenvalue weighted by Gasteiger charge is 2.10. The largest absolute Gasteiger partial charge is 0.489 e. The van der Waals surface area contributed by atoms with E-state index in [4.69, 9.17) is 20.0 Å². The van der Waals surface area contributed by atoms with Crippen LogP contribution in [0.25, 0.3) is 22.1 Å². The van der Waals surface area contributed by atoms with E-state index in [2.05, 4.69) is 0 Å². The van der Waals surface area contributed by atoms with Gasteiger partial charge in [-0.3, -0.25) is 4.79 Å². The van der Waals surface area contributed by atoms with E-state index in [0.29, 0.717) is 28.0 Å². The van der Waals surface area contributed by atoms with Gasteiger partial charge in [-0.2, -0.15) is 0 Å². The third kappa shape index (κ3) is 3.82. The summed E-state index contributed by atoms with van der Waals surface area (Å²) in [5.41, 5.74) is 8.70. The number of hydrogen-bond donors (Lipinski definition) is 2. The van der Waals surface area contributed by atoms with Crippen LogP contribution in [0.3, 0.4) is 0 Å². The summed E-state index contributed by atoms with van der Waals surface area (Å²) in [5, 5.41) is 9.51. The van der Waals surface area contributed by atoms with Gasteiger partial charge in [0.2, 0.25) is 0 Å². The third-order valence-electron chi connectivity index (χ3n) is 4.55. The van der Waals surface area contributed by atoms with Gasteiger partial charge in [0.1, 0.15) is 24.2 Å². The van der Waals surface area contributed by atoms with Crippen molar-refractivity contribution in [2.75, 3.05) is 5.73 Å². The molecule has 0 aliphatic carbocycles. The smallest absolute Gasteiger partial charge is 0.335 e. The Balaban J connectivity index is 1.59. The summed E-state index contributed by atoms with van der Waals surface area (Å²) < 4.78 is 11.4. The van der Waals surface area contributed by atoms with E-state index in [1.165, 1.54) is 12.3 Å². The highest BCUT2D eigenvalue weighted by molar-refractivity contribution is 5.87. The molecule has 0 unspecified atom stereocenters. The minimum atomic E-state index is -0.990. The second-order valence-corrected chi connectivity index (χ2v) is 6.55. The second-order valence-electron chi connectivity index (χ2n) is 6.55. The molecular formula is C23H17NO5. The highest BCUT2D eigenvalue weighted by atomic mass is 16.5. The zero-order chi connectivity index (χ0) is 20.4. The monoisotopic (exact) mass is 387 g/mol. The minimum absolute atomic E-state index is 0.142. The van der Waals surface area contributed by atoms with Crippen LogP contribution in [-0.4, -0.2) is 11.1 Å². The molecule has 0 spiro atoms. The number of anilines is 1. The van der Waals surface area contributed by atoms with Crippen molar-refractivity contribution in [1.82, 2.24) is 0 Å². The number of rotatable bonds is 5. The van der Waals surface area contributed by atoms with Crippen molar-refractivity contribution in [3.63, 3.8) is 0 Å². The zero-order valence-corrected chi connectivity index (χ0v) is 15.3. The Morgan fingerprint density at radius 2 is 1.83 bits per heavy atom. The predicted octanol–water partition coefficient (Wildman–Crippen LogP) is 4.32. The Morgan fingerprint density at radius 1 is 1.03 bits per heavy atom. The summed E-state index contributed by atoms with van der Waals surface area (Å²) in [6, 6.07) is 18.5. The number of nitrogen functional groups attached to an aromatic ring is 1. The fourth-order valence-electron chi connectivity index (χ4n) is 3.02. The van der Waals surface area contributed by atoms with Crippen molar-refractivity contribution in [3.8, 4) is 16.9 Å². The SMILES string of the molecule is Nc1ccc(-c2coc3cc(OCc4cccc(C(=O)O)c4)ccc3c2=O)cc1. The molecule has 0 atom stereocenters. The van der Waals surface area contributed by atoms with Gasteiger partial charge in [0.15, 0.2) is 5.43 Å². The molecular weight excluding hydrogens is 370 g/mol. The van der Waals surface area contributed by atoms with E-state index >= 15 is 0 Å². The van der Waals surface area contributed by atoms with Gasteiger partial charge < -0.3 is 20.0 Å². The Morgan fingerprint density at radius 3 is 2.59 bits per heavy atom. The maximum absolute atomic E-state index is 12.8. The Hall–Kier alpha value is -4.06. The van der Waals surface area contributed by atoms with Crippen LogP contribution in [0, 0.1) is 0 Å². The second kappa shape index (κ2) is 7.52. The normalized spacial score (nSPS) is 10.8. The van der Waals surface area contributed by atoms with Gasteiger partial charge in [-0.15, -0.1) is 0 Å². The van der Waals surface area contributed by atoms with Gasteiger partial charge in [0.05, 0.1) is 16.5 Å². The number of carbonyl (C=O) groups is 1. The molecule has 0 saturated heterocycles. The summed E-state index contributed by atoms with van der Waals surface area (Å²) in [7, 11) is 0. The molecule has 0 bridgehead atoms. The summed E-state index contributed by atoms with van der Waals surface area (Å²) in [4.78, 5) is 23.9. The molecule has 0 amide bonds. The zero-order valence-electron chi connectivity index (χ0n) is 15.3. The molecule has 6 heteroatoms. The van der Waals surface area contributed by atoms with E-state index < -0.39 is 5.97 Å². The molecule has 4 rings (SSSR count). The standard InChI is InChI=1S/C23H17NO5/c24-17-6-4-15(5-7-17)20-13-29-21-11-18(8-9-19(21)22(20)25)28-12-14-2-1-3-16(10-14)23(26)27/h1-11,13H,12,24H2,(H,26,27). The van der Waals surface area contributed by atoms with E-state index in [9.17, 15) is 9.59 Å². The van der Waals surface area contributed by atoms with Crippen molar-refractivity contribution < 1.29 is 19.1 Å². The van der Waals surface area contributed by atoms with Gasteiger partial charge in [0.25, 0.3) is 0 Å². The number of ether oxygens (including phenoxy) is 1. The summed E-state index contributed by atoms with van der Waals surface area (Å²) >= 11 is 0. The van der Waals surface area contributed by atoms with Crippen LogP contribution in [0.5, 0.6) is 5.75 Å². The Labute approximate surface area is 165 Å². The number of benzene rings is 3. The quantitative estimate of drug-likeness (QED) is 0.495. The molecule has 0 radical (unpaired) electrons. The molecule has 0 aliphatic heterocycles. The number of carboxylic acid groups (broad SMARTS) is 1. The lowest BCUT2D eigenvalue weighted by Gasteiger charge is -2.08. The lowest BCUT2D eigenvalue weighted by Crippen LogP contribution is -2.05. The molecule has 0 saturated carbocycles. The predicted molar refractivity (Wildman–Crippen MR) is 110 cm³/mol. The van der Waals surface area contributed by atoms with Crippen molar-refractivity contribution >= 4 is 22.6 Å². The number of nitrogens with two attached hydrogens (primary N) is 1. The van der Waals surface area contributed by atoms with Gasteiger partial charge in [0, 0.05) is 11.8 Å². The van der Waals surface area contributed by atoms with E-state index in [1.807, 2.05) is 0 Å². The number of carboxylic acids is 1. The first-order chi connectivity index (χ1) is 14.0. The minimum Gasteiger partial charge on any atom is -0.489 e. The van der Waals surface area contributed by atoms with Crippen LogP contribution >= 0.6 is 0 Å². The van der Waals surface area contributed by atoms with Crippen molar-refractivity contribution in [3.05, 3.63) is 94.3 Å². The molecule has 3 N–H and O–H groups in total. The molecule has 1 heterocycles. The summed E-state index contributed by atoms with van der Waals surface area (Å²) in [6.07, 6.45) is 1.43. The Kier molecular flexibility index (Phi) is 4.75. The molecule has 144 valence electrons. The fourth-order valence-corrected chi connectivity index (χ4v) is 3.02. The molecule has 0 aliphatic rings. The van der Waals surface area contributed by atoms with Gasteiger partial charge >= 0.3 is 5.97 Å². The summed E-state index contributed by atoms with van der Waals surface area (Å²) in [5.74, 6) is -0.474. The molecule has 0 fully saturated rings. The first kappa shape index (κ1) is 18.3. The molecule has 3 aromatic carbocycles. The third-order valence-corrected chi connectivity index (χ3v) is 4.55. The average Bonchev–Trinajstić information content (AvgIpc) is 2.73. The average molecular weight is 387 g/mol. The lowest BCUT2D eigenvalue weighted by atomic mass is 10.1. The Bertz CT molecular complexity index is 1260. The van der Waals surface area contributed by atoms with Crippen LogP contribution < -0.4 is 15.9 Å². The van der Waals surface area contributed by atoms with Gasteiger partial charge in [-0.1, -0.05) is 24.3 Å². The summed E-state index contributed by atoms with van der Waals surface area (Å²) in [6.45, 7) is 0.195. The van der Waals surface area contributed by atoms with Crippen LogP contribution in [-0.2, 0) is 6.61 Å². The van der Waals surface area contributed by atoms with Crippen molar-refractivity contribution in [2.24, 2.45) is 0 Å². The lowest BCUT2D eigenvalue weighted by molar-refractivity contribution is 0.0696. The number of aromatic carboxylic acids is 1. The first-order valence-electron chi connectivity index (χ1n) is 8.88.